The maximum absolute atomic E-state index is 13.7. The van der Waals surface area contributed by atoms with Crippen LogP contribution in [0.3, 0.4) is 0 Å². The van der Waals surface area contributed by atoms with E-state index in [0.29, 0.717) is 11.1 Å². The second-order valence-electron chi connectivity index (χ2n) is 3.35. The van der Waals surface area contributed by atoms with E-state index in [0.717, 1.165) is 4.47 Å². The molecule has 0 atom stereocenters. The van der Waals surface area contributed by atoms with E-state index in [1.165, 1.54) is 14.0 Å². The predicted octanol–water partition coefficient (Wildman–Crippen LogP) is 2.87. The van der Waals surface area contributed by atoms with Gasteiger partial charge in [0.2, 0.25) is 0 Å². The molecular formula is C11H12BrFO2. The first kappa shape index (κ1) is 12.3. The molecule has 2 nitrogen and oxygen atoms in total. The fraction of sp³-hybridized carbons (Fsp3) is 0.364. The number of hydrogen-bond acceptors (Lipinski definition) is 2. The van der Waals surface area contributed by atoms with Gasteiger partial charge in [0.05, 0.1) is 6.61 Å². The van der Waals surface area contributed by atoms with Crippen molar-refractivity contribution in [1.82, 2.24) is 0 Å². The molecule has 0 fully saturated rings. The molecule has 1 aromatic rings. The molecule has 1 aromatic carbocycles. The summed E-state index contributed by atoms with van der Waals surface area (Å²) in [4.78, 5) is 10.9. The number of Topliss-reactive ketones (excluding diaryl/α,β-unsaturated/α-hetero) is 1. The first-order valence-corrected chi connectivity index (χ1v) is 5.29. The first-order chi connectivity index (χ1) is 7.04. The average Bonchev–Trinajstić information content (AvgIpc) is 2.12. The minimum Gasteiger partial charge on any atom is -0.380 e. The van der Waals surface area contributed by atoms with E-state index in [4.69, 9.17) is 4.74 Å². The van der Waals surface area contributed by atoms with E-state index in [-0.39, 0.29) is 24.6 Å². The second-order valence-corrected chi connectivity index (χ2v) is 4.27. The molecule has 0 unspecified atom stereocenters. The van der Waals surface area contributed by atoms with Crippen molar-refractivity contribution in [3.63, 3.8) is 0 Å². The molecule has 0 spiro atoms. The highest BCUT2D eigenvalue weighted by molar-refractivity contribution is 9.10. The summed E-state index contributed by atoms with van der Waals surface area (Å²) in [5.41, 5.74) is 0.868. The summed E-state index contributed by atoms with van der Waals surface area (Å²) in [5, 5.41) is 0. The van der Waals surface area contributed by atoms with E-state index in [1.807, 2.05) is 0 Å². The molecule has 0 amide bonds. The van der Waals surface area contributed by atoms with Gasteiger partial charge in [-0.2, -0.15) is 0 Å². The van der Waals surface area contributed by atoms with Crippen molar-refractivity contribution in [3.05, 3.63) is 33.5 Å². The van der Waals surface area contributed by atoms with Gasteiger partial charge in [-0.25, -0.2) is 4.39 Å². The summed E-state index contributed by atoms with van der Waals surface area (Å²) in [7, 11) is 1.50. The smallest absolute Gasteiger partial charge is 0.134 e. The molecule has 0 aliphatic rings. The normalized spacial score (nSPS) is 10.4. The minimum atomic E-state index is -0.352. The zero-order chi connectivity index (χ0) is 11.4. The van der Waals surface area contributed by atoms with Crippen LogP contribution in [0.4, 0.5) is 4.39 Å². The highest BCUT2D eigenvalue weighted by Crippen LogP contribution is 2.21. The molecule has 0 radical (unpaired) electrons. The van der Waals surface area contributed by atoms with Crippen LogP contribution in [0, 0.1) is 5.82 Å². The van der Waals surface area contributed by atoms with Crippen LogP contribution in [0.1, 0.15) is 18.1 Å². The highest BCUT2D eigenvalue weighted by Gasteiger charge is 2.11. The van der Waals surface area contributed by atoms with Gasteiger partial charge in [-0.05, 0) is 24.6 Å². The molecule has 0 aliphatic carbocycles. The number of benzene rings is 1. The summed E-state index contributed by atoms with van der Waals surface area (Å²) in [6.07, 6.45) is 0.113. The van der Waals surface area contributed by atoms with E-state index >= 15 is 0 Å². The highest BCUT2D eigenvalue weighted by atomic mass is 79.9. The minimum absolute atomic E-state index is 0.0598. The van der Waals surface area contributed by atoms with Crippen LogP contribution in [-0.4, -0.2) is 12.9 Å². The Hall–Kier alpha value is -0.740. The van der Waals surface area contributed by atoms with Gasteiger partial charge in [0.25, 0.3) is 0 Å². The van der Waals surface area contributed by atoms with E-state index in [2.05, 4.69) is 15.9 Å². The van der Waals surface area contributed by atoms with Gasteiger partial charge in [-0.15, -0.1) is 0 Å². The number of ketones is 1. The third-order valence-electron chi connectivity index (χ3n) is 1.93. The van der Waals surface area contributed by atoms with Crippen LogP contribution in [0.15, 0.2) is 16.6 Å². The van der Waals surface area contributed by atoms with Crippen molar-refractivity contribution in [1.29, 1.82) is 0 Å². The predicted molar refractivity (Wildman–Crippen MR) is 59.2 cm³/mol. The van der Waals surface area contributed by atoms with Gasteiger partial charge >= 0.3 is 0 Å². The van der Waals surface area contributed by atoms with Crippen molar-refractivity contribution in [3.8, 4) is 0 Å². The molecule has 0 heterocycles. The molecule has 4 heteroatoms. The third-order valence-corrected chi connectivity index (χ3v) is 2.39. The molecule has 82 valence electrons. The first-order valence-electron chi connectivity index (χ1n) is 4.49. The number of rotatable bonds is 4. The fourth-order valence-electron chi connectivity index (χ4n) is 1.36. The fourth-order valence-corrected chi connectivity index (χ4v) is 1.92. The Morgan fingerprint density at radius 3 is 2.60 bits per heavy atom. The topological polar surface area (TPSA) is 26.3 Å². The lowest BCUT2D eigenvalue weighted by molar-refractivity contribution is -0.116. The van der Waals surface area contributed by atoms with Crippen LogP contribution in [0.25, 0.3) is 0 Å². The Morgan fingerprint density at radius 2 is 2.07 bits per heavy atom. The van der Waals surface area contributed by atoms with Crippen LogP contribution in [0.5, 0.6) is 0 Å². The number of carbonyl (C=O) groups excluding carboxylic acids is 1. The Labute approximate surface area is 96.6 Å². The number of halogens is 2. The molecule has 0 aliphatic heterocycles. The summed E-state index contributed by atoms with van der Waals surface area (Å²) >= 11 is 3.27. The largest absolute Gasteiger partial charge is 0.380 e. The Morgan fingerprint density at radius 1 is 1.47 bits per heavy atom. The quantitative estimate of drug-likeness (QED) is 0.844. The number of carbonyl (C=O) groups is 1. The Kier molecular flexibility index (Phi) is 4.42. The molecule has 15 heavy (non-hydrogen) atoms. The van der Waals surface area contributed by atoms with Gasteiger partial charge in [-0.1, -0.05) is 15.9 Å². The Bertz CT molecular complexity index is 377. The van der Waals surface area contributed by atoms with Crippen LogP contribution in [0.2, 0.25) is 0 Å². The van der Waals surface area contributed by atoms with Gasteiger partial charge in [0.1, 0.15) is 11.6 Å². The van der Waals surface area contributed by atoms with Crippen molar-refractivity contribution in [2.24, 2.45) is 0 Å². The average molecular weight is 275 g/mol. The molecule has 0 bridgehead atoms. The lowest BCUT2D eigenvalue weighted by Crippen LogP contribution is -2.03. The number of hydrogen-bond donors (Lipinski definition) is 0. The summed E-state index contributed by atoms with van der Waals surface area (Å²) in [6, 6.07) is 3.28. The van der Waals surface area contributed by atoms with Crippen molar-refractivity contribution < 1.29 is 13.9 Å². The lowest BCUT2D eigenvalue weighted by Gasteiger charge is -2.07. The van der Waals surface area contributed by atoms with Crippen LogP contribution < -0.4 is 0 Å². The summed E-state index contributed by atoms with van der Waals surface area (Å²) in [5.74, 6) is -0.411. The Balaban J connectivity index is 3.09. The van der Waals surface area contributed by atoms with E-state index in [1.54, 1.807) is 12.1 Å². The molecular weight excluding hydrogens is 263 g/mol. The van der Waals surface area contributed by atoms with E-state index in [9.17, 15) is 9.18 Å². The zero-order valence-corrected chi connectivity index (χ0v) is 10.2. The summed E-state index contributed by atoms with van der Waals surface area (Å²) < 4.78 is 19.4. The van der Waals surface area contributed by atoms with Gasteiger partial charge < -0.3 is 4.74 Å². The standard InChI is InChI=1S/C11H12BrFO2/c1-7(14)3-8-4-10(12)5-9(6-15-2)11(8)13/h4-5H,3,6H2,1-2H3. The van der Waals surface area contributed by atoms with Crippen molar-refractivity contribution in [2.45, 2.75) is 20.0 Å². The van der Waals surface area contributed by atoms with Gasteiger partial charge in [-0.3, -0.25) is 4.79 Å². The van der Waals surface area contributed by atoms with E-state index < -0.39 is 0 Å². The molecule has 0 aromatic heterocycles. The molecule has 0 N–H and O–H groups in total. The second kappa shape index (κ2) is 5.37. The zero-order valence-electron chi connectivity index (χ0n) is 8.64. The van der Waals surface area contributed by atoms with Gasteiger partial charge in [0, 0.05) is 23.6 Å². The summed E-state index contributed by atoms with van der Waals surface area (Å²) in [6.45, 7) is 1.65. The van der Waals surface area contributed by atoms with Crippen LogP contribution >= 0.6 is 15.9 Å². The SMILES string of the molecule is COCc1cc(Br)cc(CC(C)=O)c1F. The van der Waals surface area contributed by atoms with Crippen molar-refractivity contribution in [2.75, 3.05) is 7.11 Å². The van der Waals surface area contributed by atoms with Crippen LogP contribution in [-0.2, 0) is 22.6 Å². The van der Waals surface area contributed by atoms with Gasteiger partial charge in [0.15, 0.2) is 0 Å². The third kappa shape index (κ3) is 3.39. The monoisotopic (exact) mass is 274 g/mol. The molecule has 1 rings (SSSR count). The number of ether oxygens (including phenoxy) is 1. The lowest BCUT2D eigenvalue weighted by atomic mass is 10.1. The van der Waals surface area contributed by atoms with Crippen molar-refractivity contribution >= 4 is 21.7 Å². The molecule has 0 saturated heterocycles. The maximum atomic E-state index is 13.7. The maximum Gasteiger partial charge on any atom is 0.134 e. The number of methoxy groups -OCH3 is 1. The molecule has 0 saturated carbocycles.